The topological polar surface area (TPSA) is 78.4 Å². The second-order valence-electron chi connectivity index (χ2n) is 9.18. The van der Waals surface area contributed by atoms with Gasteiger partial charge in [-0.25, -0.2) is 4.98 Å². The van der Waals surface area contributed by atoms with Gasteiger partial charge in [-0.15, -0.1) is 0 Å². The number of piperidine rings is 3. The van der Waals surface area contributed by atoms with E-state index in [2.05, 4.69) is 31.2 Å². The highest BCUT2D eigenvalue weighted by molar-refractivity contribution is 5.79. The number of fused-ring (bicyclic) bond motifs is 4. The second kappa shape index (κ2) is 9.14. The van der Waals surface area contributed by atoms with Gasteiger partial charge in [0.2, 0.25) is 11.8 Å². The van der Waals surface area contributed by atoms with Crippen LogP contribution in [0, 0.1) is 11.8 Å². The lowest BCUT2D eigenvalue weighted by Crippen LogP contribution is -2.67. The summed E-state index contributed by atoms with van der Waals surface area (Å²) in [5.41, 5.74) is 1.23. The molecule has 4 rings (SSSR count). The van der Waals surface area contributed by atoms with Crippen LogP contribution < -0.4 is 10.2 Å². The molecule has 1 aromatic heterocycles. The summed E-state index contributed by atoms with van der Waals surface area (Å²) in [6.45, 7) is 6.41. The number of rotatable bonds is 6. The van der Waals surface area contributed by atoms with Gasteiger partial charge in [0.05, 0.1) is 12.2 Å². The van der Waals surface area contributed by atoms with Crippen LogP contribution in [-0.2, 0) is 9.59 Å². The minimum atomic E-state index is 0.0610. The minimum Gasteiger partial charge on any atom is -0.355 e. The standard InChI is InChI=1S/C23H33N5O2/c1-16(2)5-3-7-22(29)26-12-20-18-11-17(19-6-4-8-23(30)28(19)20)14-27(15-18)21-13-24-9-10-25-21/h5,9-10,13,17-20H,3-4,6-8,11-12,14-15H2,1-2H3,(H,26,29)/t17-,18+,19+,20+/m1/s1. The van der Waals surface area contributed by atoms with Crippen molar-refractivity contribution in [2.24, 2.45) is 11.8 Å². The predicted molar refractivity (Wildman–Crippen MR) is 116 cm³/mol. The molecule has 4 atom stereocenters. The van der Waals surface area contributed by atoms with E-state index in [1.807, 2.05) is 20.0 Å². The van der Waals surface area contributed by atoms with Crippen LogP contribution in [0.1, 0.15) is 52.4 Å². The first-order valence-electron chi connectivity index (χ1n) is 11.2. The molecule has 1 N–H and O–H groups in total. The Bertz CT molecular complexity index is 792. The molecule has 3 fully saturated rings. The number of carbonyl (C=O) groups is 2. The number of carbonyl (C=O) groups excluding carboxylic acids is 2. The van der Waals surface area contributed by atoms with E-state index < -0.39 is 0 Å². The Labute approximate surface area is 178 Å². The number of allylic oxidation sites excluding steroid dienone is 2. The zero-order chi connectivity index (χ0) is 21.1. The highest BCUT2D eigenvalue weighted by Crippen LogP contribution is 2.42. The van der Waals surface area contributed by atoms with Gasteiger partial charge in [-0.3, -0.25) is 14.6 Å². The summed E-state index contributed by atoms with van der Waals surface area (Å²) in [6, 6.07) is 0.334. The van der Waals surface area contributed by atoms with Crippen LogP contribution in [0.4, 0.5) is 5.82 Å². The summed E-state index contributed by atoms with van der Waals surface area (Å²) in [6.07, 6.45) is 12.4. The van der Waals surface area contributed by atoms with Crippen LogP contribution in [0.5, 0.6) is 0 Å². The van der Waals surface area contributed by atoms with Crippen LogP contribution in [-0.4, -0.2) is 58.4 Å². The van der Waals surface area contributed by atoms with Gasteiger partial charge >= 0.3 is 0 Å². The smallest absolute Gasteiger partial charge is 0.223 e. The van der Waals surface area contributed by atoms with E-state index in [1.165, 1.54) is 5.57 Å². The second-order valence-corrected chi connectivity index (χ2v) is 9.18. The van der Waals surface area contributed by atoms with Crippen molar-refractivity contribution in [3.63, 3.8) is 0 Å². The van der Waals surface area contributed by atoms with Gasteiger partial charge in [0.15, 0.2) is 0 Å². The molecule has 7 heteroatoms. The molecule has 0 radical (unpaired) electrons. The largest absolute Gasteiger partial charge is 0.355 e. The lowest BCUT2D eigenvalue weighted by Gasteiger charge is -2.56. The van der Waals surface area contributed by atoms with Gasteiger partial charge in [-0.2, -0.15) is 0 Å². The highest BCUT2D eigenvalue weighted by atomic mass is 16.2. The molecule has 162 valence electrons. The molecule has 2 amide bonds. The quantitative estimate of drug-likeness (QED) is 0.728. The number of hydrogen-bond donors (Lipinski definition) is 1. The SMILES string of the molecule is CC(C)=CCCC(=O)NC[C@H]1[C@H]2C[C@H](CN(c3cnccn3)C2)[C@@H]2CCCC(=O)N21. The molecule has 3 aliphatic rings. The Kier molecular flexibility index (Phi) is 6.35. The van der Waals surface area contributed by atoms with Crippen molar-refractivity contribution in [1.29, 1.82) is 0 Å². The summed E-state index contributed by atoms with van der Waals surface area (Å²) in [5.74, 6) is 2.03. The molecular weight excluding hydrogens is 378 g/mol. The monoisotopic (exact) mass is 411 g/mol. The first-order chi connectivity index (χ1) is 14.5. The van der Waals surface area contributed by atoms with E-state index in [4.69, 9.17) is 0 Å². The number of aromatic nitrogens is 2. The lowest BCUT2D eigenvalue weighted by atomic mass is 9.72. The Hall–Kier alpha value is -2.44. The Morgan fingerprint density at radius 2 is 2.10 bits per heavy atom. The van der Waals surface area contributed by atoms with Crippen molar-refractivity contribution < 1.29 is 9.59 Å². The van der Waals surface area contributed by atoms with E-state index in [0.29, 0.717) is 31.2 Å². The number of amides is 2. The molecule has 0 spiro atoms. The van der Waals surface area contributed by atoms with Crippen molar-refractivity contribution in [2.45, 2.75) is 64.5 Å². The number of nitrogens with zero attached hydrogens (tertiary/aromatic N) is 4. The van der Waals surface area contributed by atoms with Crippen LogP contribution in [0.25, 0.3) is 0 Å². The average Bonchev–Trinajstić information content (AvgIpc) is 2.74. The van der Waals surface area contributed by atoms with Gasteiger partial charge in [-0.1, -0.05) is 11.6 Å². The maximum Gasteiger partial charge on any atom is 0.223 e. The molecule has 30 heavy (non-hydrogen) atoms. The van der Waals surface area contributed by atoms with Gasteiger partial charge in [0.25, 0.3) is 0 Å². The van der Waals surface area contributed by atoms with E-state index in [9.17, 15) is 9.59 Å². The minimum absolute atomic E-state index is 0.0610. The molecule has 0 aliphatic carbocycles. The van der Waals surface area contributed by atoms with Gasteiger partial charge < -0.3 is 15.1 Å². The van der Waals surface area contributed by atoms with Gasteiger partial charge in [0.1, 0.15) is 5.82 Å². The van der Waals surface area contributed by atoms with E-state index in [1.54, 1.807) is 12.4 Å². The maximum atomic E-state index is 12.9. The average molecular weight is 412 g/mol. The molecule has 0 saturated carbocycles. The predicted octanol–water partition coefficient (Wildman–Crippen LogP) is 2.55. The zero-order valence-corrected chi connectivity index (χ0v) is 18.1. The first kappa shape index (κ1) is 20.8. The van der Waals surface area contributed by atoms with E-state index >= 15 is 0 Å². The van der Waals surface area contributed by atoms with Gasteiger partial charge in [-0.05, 0) is 51.4 Å². The molecule has 3 aliphatic heterocycles. The number of anilines is 1. The molecule has 0 aromatic carbocycles. The van der Waals surface area contributed by atoms with Crippen molar-refractivity contribution >= 4 is 17.6 Å². The van der Waals surface area contributed by atoms with Crippen LogP contribution in [0.2, 0.25) is 0 Å². The number of hydrogen-bond acceptors (Lipinski definition) is 5. The number of nitrogens with one attached hydrogen (secondary N) is 1. The van der Waals surface area contributed by atoms with Crippen molar-refractivity contribution in [3.8, 4) is 0 Å². The summed E-state index contributed by atoms with van der Waals surface area (Å²) >= 11 is 0. The van der Waals surface area contributed by atoms with Crippen LogP contribution in [0.3, 0.4) is 0 Å². The fourth-order valence-electron chi connectivity index (χ4n) is 5.48. The van der Waals surface area contributed by atoms with Gasteiger partial charge in [0, 0.05) is 50.9 Å². The summed E-state index contributed by atoms with van der Waals surface area (Å²) in [7, 11) is 0. The fraction of sp³-hybridized carbons (Fsp3) is 0.652. The van der Waals surface area contributed by atoms with E-state index in [0.717, 1.165) is 44.6 Å². The Morgan fingerprint density at radius 3 is 2.87 bits per heavy atom. The maximum absolute atomic E-state index is 12.9. The fourth-order valence-corrected chi connectivity index (χ4v) is 5.48. The van der Waals surface area contributed by atoms with Crippen molar-refractivity contribution in [2.75, 3.05) is 24.5 Å². The summed E-state index contributed by atoms with van der Waals surface area (Å²) < 4.78 is 0. The molecule has 2 bridgehead atoms. The summed E-state index contributed by atoms with van der Waals surface area (Å²) in [4.78, 5) is 38.5. The lowest BCUT2D eigenvalue weighted by molar-refractivity contribution is -0.149. The van der Waals surface area contributed by atoms with Crippen molar-refractivity contribution in [1.82, 2.24) is 20.2 Å². The third kappa shape index (κ3) is 4.50. The molecule has 7 nitrogen and oxygen atoms in total. The Morgan fingerprint density at radius 1 is 1.27 bits per heavy atom. The molecule has 1 aromatic rings. The molecule has 3 saturated heterocycles. The third-order valence-electron chi connectivity index (χ3n) is 6.80. The van der Waals surface area contributed by atoms with Crippen LogP contribution >= 0.6 is 0 Å². The van der Waals surface area contributed by atoms with E-state index in [-0.39, 0.29) is 23.9 Å². The molecular formula is C23H33N5O2. The van der Waals surface area contributed by atoms with Crippen molar-refractivity contribution in [3.05, 3.63) is 30.2 Å². The third-order valence-corrected chi connectivity index (χ3v) is 6.80. The normalized spacial score (nSPS) is 28.0. The highest BCUT2D eigenvalue weighted by Gasteiger charge is 2.49. The Balaban J connectivity index is 1.48. The van der Waals surface area contributed by atoms with Crippen LogP contribution in [0.15, 0.2) is 30.2 Å². The molecule has 4 heterocycles. The molecule has 0 unspecified atom stereocenters. The summed E-state index contributed by atoms with van der Waals surface area (Å²) in [5, 5.41) is 3.13. The zero-order valence-electron chi connectivity index (χ0n) is 18.1. The first-order valence-corrected chi connectivity index (χ1v) is 11.2.